The van der Waals surface area contributed by atoms with Crippen LogP contribution in [0.4, 0.5) is 0 Å². The zero-order chi connectivity index (χ0) is 13.2. The average molecular weight is 266 g/mol. The maximum absolute atomic E-state index is 12.3. The van der Waals surface area contributed by atoms with E-state index >= 15 is 0 Å². The van der Waals surface area contributed by atoms with E-state index in [2.05, 4.69) is 4.98 Å². The predicted molar refractivity (Wildman–Crippen MR) is 64.9 cm³/mol. The Balaban J connectivity index is 2.33. The molecule has 7 heteroatoms. The van der Waals surface area contributed by atoms with Gasteiger partial charge >= 0.3 is 0 Å². The molecule has 0 bridgehead atoms. The summed E-state index contributed by atoms with van der Waals surface area (Å²) in [7, 11) is -3.64. The Morgan fingerprint density at radius 2 is 2.33 bits per heavy atom. The third kappa shape index (κ3) is 2.51. The van der Waals surface area contributed by atoms with Crippen LogP contribution in [0.15, 0.2) is 23.4 Å². The van der Waals surface area contributed by atoms with Crippen molar-refractivity contribution in [2.75, 3.05) is 13.1 Å². The summed E-state index contributed by atoms with van der Waals surface area (Å²) in [6.45, 7) is 0.759. The van der Waals surface area contributed by atoms with E-state index in [4.69, 9.17) is 11.0 Å². The minimum atomic E-state index is -3.64. The van der Waals surface area contributed by atoms with Gasteiger partial charge < -0.3 is 5.73 Å². The van der Waals surface area contributed by atoms with Gasteiger partial charge in [-0.05, 0) is 25.0 Å². The van der Waals surface area contributed by atoms with E-state index < -0.39 is 10.0 Å². The van der Waals surface area contributed by atoms with Gasteiger partial charge in [0.05, 0.1) is 11.6 Å². The number of nitrogens with zero attached hydrogens (tertiary/aromatic N) is 3. The van der Waals surface area contributed by atoms with Crippen molar-refractivity contribution in [3.05, 3.63) is 23.9 Å². The highest BCUT2D eigenvalue weighted by Gasteiger charge is 2.29. The summed E-state index contributed by atoms with van der Waals surface area (Å²) in [6.07, 6.45) is 2.91. The Bertz CT molecular complexity index is 579. The lowest BCUT2D eigenvalue weighted by Crippen LogP contribution is -2.45. The number of aromatic nitrogens is 1. The average Bonchev–Trinajstić information content (AvgIpc) is 2.39. The molecule has 6 nitrogen and oxygen atoms in total. The molecule has 1 atom stereocenters. The SMILES string of the molecule is N#Cc1ccnc(S(=O)(=O)N2CCCC(N)C2)c1. The molecule has 96 valence electrons. The van der Waals surface area contributed by atoms with Crippen LogP contribution in [0.5, 0.6) is 0 Å². The molecule has 2 heterocycles. The minimum absolute atomic E-state index is 0.0874. The number of hydrogen-bond donors (Lipinski definition) is 1. The first kappa shape index (κ1) is 13.0. The van der Waals surface area contributed by atoms with Crippen molar-refractivity contribution < 1.29 is 8.42 Å². The zero-order valence-electron chi connectivity index (χ0n) is 9.78. The Morgan fingerprint density at radius 3 is 3.00 bits per heavy atom. The van der Waals surface area contributed by atoms with Crippen molar-refractivity contribution >= 4 is 10.0 Å². The van der Waals surface area contributed by atoms with Crippen LogP contribution in [0.1, 0.15) is 18.4 Å². The molecule has 0 amide bonds. The van der Waals surface area contributed by atoms with Gasteiger partial charge in [0.1, 0.15) is 0 Å². The fourth-order valence-electron chi connectivity index (χ4n) is 1.94. The molecule has 1 fully saturated rings. The van der Waals surface area contributed by atoms with E-state index in [1.807, 2.05) is 6.07 Å². The van der Waals surface area contributed by atoms with Gasteiger partial charge in [0, 0.05) is 25.3 Å². The van der Waals surface area contributed by atoms with Gasteiger partial charge in [0.2, 0.25) is 0 Å². The number of pyridine rings is 1. The quantitative estimate of drug-likeness (QED) is 0.816. The highest BCUT2D eigenvalue weighted by atomic mass is 32.2. The second-order valence-electron chi connectivity index (χ2n) is 4.26. The second kappa shape index (κ2) is 5.02. The van der Waals surface area contributed by atoms with Crippen LogP contribution in [0, 0.1) is 11.3 Å². The van der Waals surface area contributed by atoms with Crippen molar-refractivity contribution in [2.24, 2.45) is 5.73 Å². The van der Waals surface area contributed by atoms with Crippen LogP contribution in [-0.4, -0.2) is 36.8 Å². The van der Waals surface area contributed by atoms with Crippen LogP contribution in [-0.2, 0) is 10.0 Å². The smallest absolute Gasteiger partial charge is 0.260 e. The van der Waals surface area contributed by atoms with Crippen molar-refractivity contribution in [3.63, 3.8) is 0 Å². The summed E-state index contributed by atoms with van der Waals surface area (Å²) >= 11 is 0. The molecule has 2 rings (SSSR count). The molecule has 0 radical (unpaired) electrons. The number of sulfonamides is 1. The Kier molecular flexibility index (Phi) is 3.61. The lowest BCUT2D eigenvalue weighted by atomic mass is 10.1. The number of nitriles is 1. The molecule has 18 heavy (non-hydrogen) atoms. The molecule has 1 unspecified atom stereocenters. The normalized spacial score (nSPS) is 21.4. The predicted octanol–water partition coefficient (Wildman–Crippen LogP) is 0.0651. The van der Waals surface area contributed by atoms with E-state index in [0.717, 1.165) is 12.8 Å². The molecule has 0 aromatic carbocycles. The largest absolute Gasteiger partial charge is 0.327 e. The molecule has 0 aliphatic carbocycles. The van der Waals surface area contributed by atoms with Crippen LogP contribution in [0.2, 0.25) is 0 Å². The van der Waals surface area contributed by atoms with Gasteiger partial charge in [-0.2, -0.15) is 9.57 Å². The van der Waals surface area contributed by atoms with Gasteiger partial charge in [-0.25, -0.2) is 13.4 Å². The molecular formula is C11H14N4O2S. The Labute approximate surface area is 106 Å². The standard InChI is InChI=1S/C11H14N4O2S/c12-7-9-3-4-14-11(6-9)18(16,17)15-5-1-2-10(13)8-15/h3-4,6,10H,1-2,5,8,13H2. The van der Waals surface area contributed by atoms with Gasteiger partial charge in [-0.15, -0.1) is 0 Å². The minimum Gasteiger partial charge on any atom is -0.327 e. The van der Waals surface area contributed by atoms with Crippen molar-refractivity contribution in [1.82, 2.24) is 9.29 Å². The third-order valence-corrected chi connectivity index (χ3v) is 4.65. The highest BCUT2D eigenvalue weighted by Crippen LogP contribution is 2.19. The number of rotatable bonds is 2. The van der Waals surface area contributed by atoms with Crippen LogP contribution >= 0.6 is 0 Å². The monoisotopic (exact) mass is 266 g/mol. The molecule has 1 aromatic rings. The lowest BCUT2D eigenvalue weighted by Gasteiger charge is -2.29. The molecule has 1 aliphatic rings. The van der Waals surface area contributed by atoms with Crippen molar-refractivity contribution in [1.29, 1.82) is 5.26 Å². The maximum atomic E-state index is 12.3. The topological polar surface area (TPSA) is 100 Å². The summed E-state index contributed by atoms with van der Waals surface area (Å²) < 4.78 is 25.9. The van der Waals surface area contributed by atoms with E-state index in [1.54, 1.807) is 0 Å². The van der Waals surface area contributed by atoms with E-state index in [1.165, 1.54) is 22.6 Å². The van der Waals surface area contributed by atoms with Gasteiger partial charge in [-0.3, -0.25) is 0 Å². The second-order valence-corrected chi connectivity index (χ2v) is 6.14. The van der Waals surface area contributed by atoms with Gasteiger partial charge in [-0.1, -0.05) is 0 Å². The van der Waals surface area contributed by atoms with E-state index in [9.17, 15) is 8.42 Å². The molecule has 1 aliphatic heterocycles. The number of piperidine rings is 1. The van der Waals surface area contributed by atoms with Crippen molar-refractivity contribution in [2.45, 2.75) is 23.9 Å². The molecule has 2 N–H and O–H groups in total. The van der Waals surface area contributed by atoms with Crippen molar-refractivity contribution in [3.8, 4) is 6.07 Å². The molecule has 0 saturated carbocycles. The summed E-state index contributed by atoms with van der Waals surface area (Å²) in [6, 6.07) is 4.53. The molecular weight excluding hydrogens is 252 g/mol. The van der Waals surface area contributed by atoms with Gasteiger partial charge in [0.15, 0.2) is 5.03 Å². The zero-order valence-corrected chi connectivity index (χ0v) is 10.6. The van der Waals surface area contributed by atoms with E-state index in [0.29, 0.717) is 13.1 Å². The third-order valence-electron chi connectivity index (χ3n) is 2.89. The van der Waals surface area contributed by atoms with Crippen LogP contribution in [0.25, 0.3) is 0 Å². The Hall–Kier alpha value is -1.49. The number of nitrogens with two attached hydrogens (primary N) is 1. The lowest BCUT2D eigenvalue weighted by molar-refractivity contribution is 0.315. The van der Waals surface area contributed by atoms with Gasteiger partial charge in [0.25, 0.3) is 10.0 Å². The summed E-state index contributed by atoms with van der Waals surface area (Å²) in [5.41, 5.74) is 6.06. The first-order valence-corrected chi connectivity index (χ1v) is 7.10. The first-order valence-electron chi connectivity index (χ1n) is 5.66. The molecule has 1 aromatic heterocycles. The summed E-state index contributed by atoms with van der Waals surface area (Å²) in [4.78, 5) is 3.84. The number of hydrogen-bond acceptors (Lipinski definition) is 5. The first-order chi connectivity index (χ1) is 8.54. The summed E-state index contributed by atoms with van der Waals surface area (Å²) in [5, 5.41) is 8.69. The summed E-state index contributed by atoms with van der Waals surface area (Å²) in [5.74, 6) is 0. The molecule has 0 spiro atoms. The Morgan fingerprint density at radius 1 is 1.56 bits per heavy atom. The van der Waals surface area contributed by atoms with E-state index in [-0.39, 0.29) is 16.6 Å². The fraction of sp³-hybridized carbons (Fsp3) is 0.455. The van der Waals surface area contributed by atoms with Crippen LogP contribution in [0.3, 0.4) is 0 Å². The van der Waals surface area contributed by atoms with Crippen LogP contribution < -0.4 is 5.73 Å². The molecule has 1 saturated heterocycles. The highest BCUT2D eigenvalue weighted by molar-refractivity contribution is 7.89. The fourth-order valence-corrected chi connectivity index (χ4v) is 3.44. The maximum Gasteiger partial charge on any atom is 0.260 e.